The molecule has 0 spiro atoms. The molecule has 4 aromatic rings. The topological polar surface area (TPSA) is 127 Å². The minimum absolute atomic E-state index is 0.0381. The summed E-state index contributed by atoms with van der Waals surface area (Å²) in [6.07, 6.45) is -0.716. The normalized spacial score (nSPS) is 20.0. The lowest BCUT2D eigenvalue weighted by molar-refractivity contribution is 0.0800. The Kier molecular flexibility index (Phi) is 9.07. The first-order chi connectivity index (χ1) is 22.2. The lowest BCUT2D eigenvalue weighted by Gasteiger charge is -2.34. The minimum Gasteiger partial charge on any atom is -0.445 e. The van der Waals surface area contributed by atoms with Crippen LogP contribution in [0.4, 0.5) is 25.5 Å². The van der Waals surface area contributed by atoms with Crippen molar-refractivity contribution >= 4 is 34.7 Å². The Balaban J connectivity index is 1.10. The van der Waals surface area contributed by atoms with Crippen LogP contribution in [0.5, 0.6) is 0 Å². The van der Waals surface area contributed by atoms with Crippen molar-refractivity contribution in [1.29, 1.82) is 0 Å². The first-order valence-corrected chi connectivity index (χ1v) is 15.7. The molecule has 0 radical (unpaired) electrons. The van der Waals surface area contributed by atoms with Crippen molar-refractivity contribution in [2.45, 2.75) is 46.2 Å². The average molecular weight is 630 g/mol. The maximum absolute atomic E-state index is 15.1. The van der Waals surface area contributed by atoms with Crippen molar-refractivity contribution < 1.29 is 23.8 Å². The van der Waals surface area contributed by atoms with E-state index in [0.717, 1.165) is 38.5 Å². The number of nitrogens with zero attached hydrogens (tertiary/aromatic N) is 5. The highest BCUT2D eigenvalue weighted by Gasteiger charge is 2.43. The minimum atomic E-state index is -1.54. The van der Waals surface area contributed by atoms with Gasteiger partial charge in [-0.3, -0.25) is 4.90 Å². The van der Waals surface area contributed by atoms with Gasteiger partial charge in [0.1, 0.15) is 24.4 Å². The Labute approximate surface area is 267 Å². The van der Waals surface area contributed by atoms with E-state index in [4.69, 9.17) is 4.74 Å². The number of hydrogen-bond acceptors (Lipinski definition) is 7. The number of alkyl halides is 1. The summed E-state index contributed by atoms with van der Waals surface area (Å²) in [6.45, 7) is 8.42. The number of aliphatic hydroxyl groups excluding tert-OH is 1. The number of benzene rings is 2. The van der Waals surface area contributed by atoms with Gasteiger partial charge in [-0.2, -0.15) is 0 Å². The van der Waals surface area contributed by atoms with E-state index in [1.54, 1.807) is 11.0 Å². The molecule has 3 N–H and O–H groups in total. The molecular weight excluding hydrogens is 589 g/mol. The molecule has 3 atom stereocenters. The molecule has 3 amide bonds. The SMILES string of the molecule is Cc1cc(NC(=O)N2CC(O)C(CC(C)C)C2F)ccc1-c1ncnc2[nH]c(N3CCN(C(=O)OCc4ccccc4)CC3)cc12. The summed E-state index contributed by atoms with van der Waals surface area (Å²) in [7, 11) is 0. The second-order valence-corrected chi connectivity index (χ2v) is 12.5. The number of amides is 3. The third-order valence-electron chi connectivity index (χ3n) is 8.76. The standard InChI is InChI=1S/C34H40FN7O4/c1-21(2)15-26-28(43)18-42(31(26)35)33(44)38-24-9-10-25(22(3)16-24)30-27-17-29(39-32(27)37-20-36-30)40-11-13-41(14-12-40)34(45)46-19-23-7-5-4-6-8-23/h4-10,16-17,20-21,26,28,31,43H,11-15,18-19H2,1-3H3,(H,38,44)(H,36,37,39). The van der Waals surface area contributed by atoms with Crippen LogP contribution in [0.3, 0.4) is 0 Å². The Morgan fingerprint density at radius 1 is 1.09 bits per heavy atom. The predicted molar refractivity (Wildman–Crippen MR) is 174 cm³/mol. The maximum atomic E-state index is 15.1. The number of ether oxygens (including phenoxy) is 1. The molecule has 46 heavy (non-hydrogen) atoms. The number of urea groups is 1. The van der Waals surface area contributed by atoms with Crippen molar-refractivity contribution in [3.8, 4) is 11.3 Å². The van der Waals surface area contributed by atoms with Gasteiger partial charge in [0.05, 0.1) is 18.3 Å². The Hall–Kier alpha value is -4.71. The molecule has 6 rings (SSSR count). The molecule has 2 fully saturated rings. The highest BCUT2D eigenvalue weighted by atomic mass is 19.1. The van der Waals surface area contributed by atoms with Crippen LogP contribution in [0, 0.1) is 18.8 Å². The van der Waals surface area contributed by atoms with E-state index in [9.17, 15) is 14.7 Å². The van der Waals surface area contributed by atoms with Crippen LogP contribution in [0.1, 0.15) is 31.4 Å². The molecule has 0 bridgehead atoms. The van der Waals surface area contributed by atoms with Gasteiger partial charge in [0.2, 0.25) is 0 Å². The highest BCUT2D eigenvalue weighted by Crippen LogP contribution is 2.34. The smallest absolute Gasteiger partial charge is 0.410 e. The molecule has 2 aromatic heterocycles. The maximum Gasteiger partial charge on any atom is 0.410 e. The summed E-state index contributed by atoms with van der Waals surface area (Å²) in [4.78, 5) is 43.0. The Morgan fingerprint density at radius 3 is 2.57 bits per heavy atom. The lowest BCUT2D eigenvalue weighted by atomic mass is 9.94. The van der Waals surface area contributed by atoms with E-state index >= 15 is 4.39 Å². The number of β-amino-alcohol motifs (C(OH)–C–C–N with tert-alkyl or cyclic N) is 1. The third-order valence-corrected chi connectivity index (χ3v) is 8.76. The van der Waals surface area contributed by atoms with Crippen LogP contribution in [0.15, 0.2) is 60.9 Å². The molecule has 12 heteroatoms. The number of halogens is 1. The van der Waals surface area contributed by atoms with Crippen molar-refractivity contribution in [2.75, 3.05) is 42.9 Å². The van der Waals surface area contributed by atoms with Gasteiger partial charge < -0.3 is 29.9 Å². The number of carbonyl (C=O) groups is 2. The molecular formula is C34H40FN7O4. The van der Waals surface area contributed by atoms with Gasteiger partial charge in [-0.1, -0.05) is 50.2 Å². The Bertz CT molecular complexity index is 1690. The molecule has 0 saturated carbocycles. The first-order valence-electron chi connectivity index (χ1n) is 15.7. The highest BCUT2D eigenvalue weighted by molar-refractivity contribution is 5.95. The number of aryl methyl sites for hydroxylation is 1. The van der Waals surface area contributed by atoms with Crippen molar-refractivity contribution in [2.24, 2.45) is 11.8 Å². The molecule has 242 valence electrons. The molecule has 2 aromatic carbocycles. The summed E-state index contributed by atoms with van der Waals surface area (Å²) < 4.78 is 20.6. The van der Waals surface area contributed by atoms with Gasteiger partial charge in [0.25, 0.3) is 0 Å². The van der Waals surface area contributed by atoms with Crippen molar-refractivity contribution in [1.82, 2.24) is 24.8 Å². The number of anilines is 2. The van der Waals surface area contributed by atoms with Gasteiger partial charge in [-0.15, -0.1) is 0 Å². The number of carbonyl (C=O) groups excluding carboxylic acids is 2. The summed E-state index contributed by atoms with van der Waals surface area (Å²) in [6, 6.07) is 16.6. The number of aromatic amines is 1. The van der Waals surface area contributed by atoms with Crippen LogP contribution in [-0.2, 0) is 11.3 Å². The van der Waals surface area contributed by atoms with E-state index in [2.05, 4.69) is 25.2 Å². The number of H-pyrrole nitrogens is 1. The number of piperazine rings is 1. The summed E-state index contributed by atoms with van der Waals surface area (Å²) in [5.41, 5.74) is 4.67. The van der Waals surface area contributed by atoms with Crippen LogP contribution in [0.25, 0.3) is 22.3 Å². The molecule has 2 aliphatic rings. The lowest BCUT2D eigenvalue weighted by Crippen LogP contribution is -2.49. The van der Waals surface area contributed by atoms with Gasteiger partial charge in [0, 0.05) is 48.7 Å². The fraction of sp³-hybridized carbons (Fsp3) is 0.412. The number of fused-ring (bicyclic) bond motifs is 1. The van der Waals surface area contributed by atoms with Crippen molar-refractivity contribution in [3.63, 3.8) is 0 Å². The number of likely N-dealkylation sites (tertiary alicyclic amines) is 1. The van der Waals surface area contributed by atoms with Gasteiger partial charge in [-0.05, 0) is 48.6 Å². The Morgan fingerprint density at radius 2 is 1.85 bits per heavy atom. The zero-order chi connectivity index (χ0) is 32.4. The van der Waals surface area contributed by atoms with E-state index in [1.165, 1.54) is 6.33 Å². The fourth-order valence-corrected chi connectivity index (χ4v) is 6.31. The molecule has 2 aliphatic heterocycles. The molecule has 0 aliphatic carbocycles. The van der Waals surface area contributed by atoms with Gasteiger partial charge >= 0.3 is 12.1 Å². The number of aromatic nitrogens is 3. The number of nitrogens with one attached hydrogen (secondary N) is 2. The second-order valence-electron chi connectivity index (χ2n) is 12.5. The zero-order valence-corrected chi connectivity index (χ0v) is 26.3. The number of hydrogen-bond donors (Lipinski definition) is 3. The van der Waals surface area contributed by atoms with Crippen LogP contribution < -0.4 is 10.2 Å². The van der Waals surface area contributed by atoms with E-state index < -0.39 is 24.3 Å². The van der Waals surface area contributed by atoms with E-state index in [1.807, 2.05) is 69.3 Å². The number of rotatable bonds is 7. The van der Waals surface area contributed by atoms with E-state index in [-0.39, 0.29) is 25.2 Å². The quantitative estimate of drug-likeness (QED) is 0.229. The molecule has 3 unspecified atom stereocenters. The third kappa shape index (κ3) is 6.62. The largest absolute Gasteiger partial charge is 0.445 e. The number of aliphatic hydroxyl groups is 1. The summed E-state index contributed by atoms with van der Waals surface area (Å²) in [5.74, 6) is 0.512. The fourth-order valence-electron chi connectivity index (χ4n) is 6.31. The average Bonchev–Trinajstić information content (AvgIpc) is 3.61. The van der Waals surface area contributed by atoms with E-state index in [0.29, 0.717) is 43.9 Å². The second kappa shape index (κ2) is 13.3. The molecule has 11 nitrogen and oxygen atoms in total. The predicted octanol–water partition coefficient (Wildman–Crippen LogP) is 5.56. The summed E-state index contributed by atoms with van der Waals surface area (Å²) >= 11 is 0. The van der Waals surface area contributed by atoms with Gasteiger partial charge in [0.15, 0.2) is 6.30 Å². The monoisotopic (exact) mass is 629 g/mol. The van der Waals surface area contributed by atoms with Crippen LogP contribution >= 0.6 is 0 Å². The van der Waals surface area contributed by atoms with Crippen LogP contribution in [0.2, 0.25) is 0 Å². The first kappa shape index (κ1) is 31.3. The van der Waals surface area contributed by atoms with Crippen LogP contribution in [-0.4, -0.2) is 87.1 Å². The van der Waals surface area contributed by atoms with Crippen molar-refractivity contribution in [3.05, 3.63) is 72.1 Å². The van der Waals surface area contributed by atoms with Gasteiger partial charge in [-0.25, -0.2) is 23.9 Å². The molecule has 2 saturated heterocycles. The zero-order valence-electron chi connectivity index (χ0n) is 26.3. The summed E-state index contributed by atoms with van der Waals surface area (Å²) in [5, 5.41) is 14.0. The molecule has 4 heterocycles.